The van der Waals surface area contributed by atoms with E-state index < -0.39 is 0 Å². The smallest absolute Gasteiger partial charge is 0.273 e. The van der Waals surface area contributed by atoms with Gasteiger partial charge in [-0.25, -0.2) is 4.68 Å². The standard InChI is InChI=1S/C20H22ClN5O/c1-2-4-18-19(24-25-26(18)17-6-3-5-15(21)13-17)20(27)23-12-11-14-7-9-16(22)10-8-14/h3,5-10,13H,2,4,11-12,22H2,1H3,(H,23,27). The number of hydrogen-bond donors (Lipinski definition) is 2. The van der Waals surface area contributed by atoms with Crippen LogP contribution in [0.4, 0.5) is 5.69 Å². The first kappa shape index (κ1) is 18.9. The minimum absolute atomic E-state index is 0.220. The zero-order valence-corrected chi connectivity index (χ0v) is 15.9. The molecule has 140 valence electrons. The molecule has 0 bridgehead atoms. The molecule has 0 fully saturated rings. The number of carbonyl (C=O) groups is 1. The number of nitrogens with two attached hydrogens (primary N) is 1. The van der Waals surface area contributed by atoms with Crippen molar-refractivity contribution in [2.75, 3.05) is 12.3 Å². The predicted octanol–water partition coefficient (Wildman–Crippen LogP) is 3.43. The Hall–Kier alpha value is -2.86. The van der Waals surface area contributed by atoms with Gasteiger partial charge in [0.05, 0.1) is 11.4 Å². The summed E-state index contributed by atoms with van der Waals surface area (Å²) in [7, 11) is 0. The molecular formula is C20H22ClN5O. The van der Waals surface area contributed by atoms with E-state index in [1.54, 1.807) is 16.8 Å². The van der Waals surface area contributed by atoms with Crippen LogP contribution in [0.1, 0.15) is 35.1 Å². The van der Waals surface area contributed by atoms with Crippen molar-refractivity contribution in [3.05, 3.63) is 70.5 Å². The fourth-order valence-electron chi connectivity index (χ4n) is 2.84. The lowest BCUT2D eigenvalue weighted by molar-refractivity contribution is 0.0948. The van der Waals surface area contributed by atoms with Crippen LogP contribution in [0.3, 0.4) is 0 Å². The summed E-state index contributed by atoms with van der Waals surface area (Å²) < 4.78 is 1.68. The van der Waals surface area contributed by atoms with Gasteiger partial charge in [0.1, 0.15) is 0 Å². The molecule has 0 spiro atoms. The number of hydrogen-bond acceptors (Lipinski definition) is 4. The molecule has 1 heterocycles. The Morgan fingerprint density at radius 2 is 1.96 bits per heavy atom. The van der Waals surface area contributed by atoms with Crippen LogP contribution in [0, 0.1) is 0 Å². The first-order valence-corrected chi connectivity index (χ1v) is 9.29. The minimum atomic E-state index is -0.220. The highest BCUT2D eigenvalue weighted by atomic mass is 35.5. The van der Waals surface area contributed by atoms with E-state index in [1.807, 2.05) is 36.4 Å². The van der Waals surface area contributed by atoms with E-state index in [-0.39, 0.29) is 5.91 Å². The Morgan fingerprint density at radius 3 is 2.67 bits per heavy atom. The SMILES string of the molecule is CCCc1c(C(=O)NCCc2ccc(N)cc2)nnn1-c1cccc(Cl)c1. The molecule has 2 aromatic carbocycles. The largest absolute Gasteiger partial charge is 0.399 e. The summed E-state index contributed by atoms with van der Waals surface area (Å²) in [5, 5.41) is 11.8. The average Bonchev–Trinajstić information content (AvgIpc) is 3.07. The molecule has 1 amide bonds. The summed E-state index contributed by atoms with van der Waals surface area (Å²) in [4.78, 5) is 12.6. The van der Waals surface area contributed by atoms with Crippen LogP contribution in [-0.2, 0) is 12.8 Å². The van der Waals surface area contributed by atoms with Gasteiger partial charge in [-0.3, -0.25) is 4.79 Å². The third kappa shape index (κ3) is 4.65. The fraction of sp³-hybridized carbons (Fsp3) is 0.250. The number of amides is 1. The van der Waals surface area contributed by atoms with Crippen LogP contribution in [-0.4, -0.2) is 27.4 Å². The van der Waals surface area contributed by atoms with E-state index in [0.717, 1.165) is 35.5 Å². The van der Waals surface area contributed by atoms with Crippen molar-refractivity contribution < 1.29 is 4.79 Å². The fourth-order valence-corrected chi connectivity index (χ4v) is 3.03. The summed E-state index contributed by atoms with van der Waals surface area (Å²) in [6.45, 7) is 2.57. The van der Waals surface area contributed by atoms with Gasteiger partial charge in [0.25, 0.3) is 5.91 Å². The molecule has 3 N–H and O–H groups in total. The number of carbonyl (C=O) groups excluding carboxylic acids is 1. The number of aromatic nitrogens is 3. The molecule has 6 nitrogen and oxygen atoms in total. The molecule has 0 aliphatic heterocycles. The van der Waals surface area contributed by atoms with Crippen molar-refractivity contribution >= 4 is 23.2 Å². The molecule has 1 aromatic heterocycles. The van der Waals surface area contributed by atoms with Gasteiger partial charge >= 0.3 is 0 Å². The van der Waals surface area contributed by atoms with E-state index in [1.165, 1.54) is 0 Å². The van der Waals surface area contributed by atoms with Gasteiger partial charge in [-0.2, -0.15) is 0 Å². The number of nitrogens with one attached hydrogen (secondary N) is 1. The Bertz CT molecular complexity index is 920. The molecule has 3 rings (SSSR count). The lowest BCUT2D eigenvalue weighted by Crippen LogP contribution is -2.27. The Labute approximate surface area is 163 Å². The number of nitrogen functional groups attached to an aromatic ring is 1. The number of benzene rings is 2. The Balaban J connectivity index is 1.73. The number of rotatable bonds is 7. The van der Waals surface area contributed by atoms with Crippen molar-refractivity contribution in [1.29, 1.82) is 0 Å². The van der Waals surface area contributed by atoms with Gasteiger partial charge in [0, 0.05) is 17.3 Å². The van der Waals surface area contributed by atoms with Gasteiger partial charge in [-0.1, -0.05) is 48.4 Å². The molecule has 0 aliphatic carbocycles. The van der Waals surface area contributed by atoms with Crippen LogP contribution in [0.2, 0.25) is 5.02 Å². The minimum Gasteiger partial charge on any atom is -0.399 e. The first-order valence-electron chi connectivity index (χ1n) is 8.91. The monoisotopic (exact) mass is 383 g/mol. The predicted molar refractivity (Wildman–Crippen MR) is 107 cm³/mol. The van der Waals surface area contributed by atoms with E-state index in [4.69, 9.17) is 17.3 Å². The van der Waals surface area contributed by atoms with Crippen molar-refractivity contribution in [2.24, 2.45) is 0 Å². The topological polar surface area (TPSA) is 85.8 Å². The van der Waals surface area contributed by atoms with Crippen molar-refractivity contribution in [2.45, 2.75) is 26.2 Å². The molecule has 3 aromatic rings. The van der Waals surface area contributed by atoms with E-state index in [0.29, 0.717) is 23.7 Å². The zero-order valence-electron chi connectivity index (χ0n) is 15.2. The van der Waals surface area contributed by atoms with Crippen LogP contribution in [0.5, 0.6) is 0 Å². The summed E-state index contributed by atoms with van der Waals surface area (Å²) in [6, 6.07) is 15.0. The first-order chi connectivity index (χ1) is 13.1. The molecule has 0 aliphatic rings. The highest BCUT2D eigenvalue weighted by Gasteiger charge is 2.19. The highest BCUT2D eigenvalue weighted by Crippen LogP contribution is 2.18. The van der Waals surface area contributed by atoms with Crippen LogP contribution < -0.4 is 11.1 Å². The summed E-state index contributed by atoms with van der Waals surface area (Å²) in [6.07, 6.45) is 2.29. The molecule has 0 radical (unpaired) electrons. The Morgan fingerprint density at radius 1 is 1.19 bits per heavy atom. The lowest BCUT2D eigenvalue weighted by atomic mass is 10.1. The third-order valence-electron chi connectivity index (χ3n) is 4.20. The normalized spacial score (nSPS) is 10.7. The van der Waals surface area contributed by atoms with Crippen molar-refractivity contribution in [3.63, 3.8) is 0 Å². The third-order valence-corrected chi connectivity index (χ3v) is 4.43. The second-order valence-corrected chi connectivity index (χ2v) is 6.71. The van der Waals surface area contributed by atoms with Gasteiger partial charge < -0.3 is 11.1 Å². The molecule has 27 heavy (non-hydrogen) atoms. The van der Waals surface area contributed by atoms with Gasteiger partial charge in [0.2, 0.25) is 0 Å². The molecule has 0 unspecified atom stereocenters. The van der Waals surface area contributed by atoms with E-state index in [9.17, 15) is 4.79 Å². The summed E-state index contributed by atoms with van der Waals surface area (Å²) >= 11 is 6.08. The molecule has 0 saturated carbocycles. The maximum Gasteiger partial charge on any atom is 0.273 e. The molecular weight excluding hydrogens is 362 g/mol. The second kappa shape index (κ2) is 8.68. The van der Waals surface area contributed by atoms with Gasteiger partial charge in [-0.15, -0.1) is 5.10 Å². The second-order valence-electron chi connectivity index (χ2n) is 6.27. The molecule has 0 atom stereocenters. The Kier molecular flexibility index (Phi) is 6.08. The molecule has 7 heteroatoms. The number of anilines is 1. The quantitative estimate of drug-likeness (QED) is 0.612. The van der Waals surface area contributed by atoms with Crippen LogP contribution >= 0.6 is 11.6 Å². The van der Waals surface area contributed by atoms with E-state index >= 15 is 0 Å². The average molecular weight is 384 g/mol. The lowest BCUT2D eigenvalue weighted by Gasteiger charge is -2.08. The summed E-state index contributed by atoms with van der Waals surface area (Å²) in [5.41, 5.74) is 9.46. The van der Waals surface area contributed by atoms with Gasteiger partial charge in [0.15, 0.2) is 5.69 Å². The maximum atomic E-state index is 12.6. The zero-order chi connectivity index (χ0) is 19.2. The molecule has 0 saturated heterocycles. The van der Waals surface area contributed by atoms with Crippen molar-refractivity contribution in [3.8, 4) is 5.69 Å². The number of nitrogens with zero attached hydrogens (tertiary/aromatic N) is 3. The number of halogens is 1. The van der Waals surface area contributed by atoms with E-state index in [2.05, 4.69) is 22.6 Å². The maximum absolute atomic E-state index is 12.6. The van der Waals surface area contributed by atoms with Crippen molar-refractivity contribution in [1.82, 2.24) is 20.3 Å². The van der Waals surface area contributed by atoms with Crippen LogP contribution in [0.15, 0.2) is 48.5 Å². The van der Waals surface area contributed by atoms with Gasteiger partial charge in [-0.05, 0) is 48.7 Å². The van der Waals surface area contributed by atoms with Crippen LogP contribution in [0.25, 0.3) is 5.69 Å². The summed E-state index contributed by atoms with van der Waals surface area (Å²) in [5.74, 6) is -0.220. The highest BCUT2D eigenvalue weighted by molar-refractivity contribution is 6.30.